The van der Waals surface area contributed by atoms with Crippen molar-refractivity contribution in [2.75, 3.05) is 24.6 Å². The second-order valence-electron chi connectivity index (χ2n) is 4.15. The van der Waals surface area contributed by atoms with Gasteiger partial charge in [0.15, 0.2) is 0 Å². The van der Waals surface area contributed by atoms with Crippen LogP contribution in [0.4, 0.5) is 5.82 Å². The molecule has 1 saturated heterocycles. The molecule has 0 aromatic carbocycles. The molecule has 0 spiro atoms. The highest BCUT2D eigenvalue weighted by Crippen LogP contribution is 2.21. The summed E-state index contributed by atoms with van der Waals surface area (Å²) in [5.74, 6) is 6.18. The molecule has 0 amide bonds. The Balaban J connectivity index is 2.11. The number of rotatable bonds is 4. The Morgan fingerprint density at radius 2 is 2.12 bits per heavy atom. The number of piperidine rings is 1. The molecule has 1 fully saturated rings. The summed E-state index contributed by atoms with van der Waals surface area (Å²) in [7, 11) is 0. The Labute approximate surface area is 96.4 Å². The maximum Gasteiger partial charge on any atom is 0.131 e. The molecule has 4 nitrogen and oxygen atoms in total. The molecule has 0 aliphatic carbocycles. The molecule has 1 aliphatic rings. The average Bonchev–Trinajstić information content (AvgIpc) is 2.38. The number of hydrogen-bond donors (Lipinski definition) is 1. The van der Waals surface area contributed by atoms with Crippen molar-refractivity contribution in [3.8, 4) is 0 Å². The summed E-state index contributed by atoms with van der Waals surface area (Å²) < 4.78 is 0. The molecule has 4 heteroatoms. The third kappa shape index (κ3) is 2.71. The molecule has 2 N–H and O–H groups in total. The van der Waals surface area contributed by atoms with E-state index in [1.807, 2.05) is 12.3 Å². The van der Waals surface area contributed by atoms with Crippen LogP contribution in [0.3, 0.4) is 0 Å². The number of pyridine rings is 1. The monoisotopic (exact) mass is 221 g/mol. The predicted molar refractivity (Wildman–Crippen MR) is 64.1 cm³/mol. The summed E-state index contributed by atoms with van der Waals surface area (Å²) in [6.07, 6.45) is 6.56. The number of nitrogens with two attached hydrogens (primary N) is 1. The molecule has 0 bridgehead atoms. The summed E-state index contributed by atoms with van der Waals surface area (Å²) in [5, 5.41) is 0. The Bertz CT molecular complexity index is 324. The molecular formula is C12H19N3O. The zero-order valence-corrected chi connectivity index (χ0v) is 9.56. The number of anilines is 1. The quantitative estimate of drug-likeness (QED) is 0.783. The van der Waals surface area contributed by atoms with E-state index < -0.39 is 0 Å². The normalized spacial score (nSPS) is 16.4. The van der Waals surface area contributed by atoms with Gasteiger partial charge in [-0.15, -0.1) is 0 Å². The minimum absolute atomic E-state index is 0.548. The summed E-state index contributed by atoms with van der Waals surface area (Å²) >= 11 is 0. The van der Waals surface area contributed by atoms with Crippen LogP contribution in [0.5, 0.6) is 0 Å². The second-order valence-corrected chi connectivity index (χ2v) is 4.15. The minimum atomic E-state index is 0.548. The SMILES string of the molecule is NOCCc1cccnc1N1CCCCC1. The van der Waals surface area contributed by atoms with E-state index in [1.165, 1.54) is 24.8 Å². The molecule has 0 unspecified atom stereocenters. The van der Waals surface area contributed by atoms with E-state index >= 15 is 0 Å². The Morgan fingerprint density at radius 1 is 1.31 bits per heavy atom. The molecule has 16 heavy (non-hydrogen) atoms. The van der Waals surface area contributed by atoms with E-state index in [4.69, 9.17) is 5.90 Å². The summed E-state index contributed by atoms with van der Waals surface area (Å²) in [4.78, 5) is 11.5. The van der Waals surface area contributed by atoms with Crippen LogP contribution in [0.2, 0.25) is 0 Å². The van der Waals surface area contributed by atoms with Crippen molar-refractivity contribution in [1.29, 1.82) is 0 Å². The van der Waals surface area contributed by atoms with Crippen LogP contribution in [0.1, 0.15) is 24.8 Å². The zero-order chi connectivity index (χ0) is 11.2. The summed E-state index contributed by atoms with van der Waals surface area (Å²) in [5.41, 5.74) is 1.23. The van der Waals surface area contributed by atoms with E-state index in [0.717, 1.165) is 25.3 Å². The van der Waals surface area contributed by atoms with Gasteiger partial charge in [0.25, 0.3) is 0 Å². The third-order valence-electron chi connectivity index (χ3n) is 3.01. The number of aromatic nitrogens is 1. The summed E-state index contributed by atoms with van der Waals surface area (Å²) in [6, 6.07) is 4.08. The first-order valence-electron chi connectivity index (χ1n) is 5.92. The first-order chi connectivity index (χ1) is 7.92. The van der Waals surface area contributed by atoms with Gasteiger partial charge in [-0.25, -0.2) is 10.9 Å². The van der Waals surface area contributed by atoms with Gasteiger partial charge in [-0.05, 0) is 30.9 Å². The lowest BCUT2D eigenvalue weighted by Gasteiger charge is -2.29. The number of nitrogens with zero attached hydrogens (tertiary/aromatic N) is 2. The largest absolute Gasteiger partial charge is 0.356 e. The standard InChI is InChI=1S/C12H19N3O/c13-16-10-6-11-5-4-7-14-12(11)15-8-2-1-3-9-15/h4-5,7H,1-3,6,8-10,13H2. The lowest BCUT2D eigenvalue weighted by atomic mass is 10.1. The van der Waals surface area contributed by atoms with Crippen molar-refractivity contribution < 1.29 is 4.84 Å². The van der Waals surface area contributed by atoms with E-state index in [0.29, 0.717) is 6.61 Å². The lowest BCUT2D eigenvalue weighted by molar-refractivity contribution is 0.141. The molecule has 88 valence electrons. The zero-order valence-electron chi connectivity index (χ0n) is 9.56. The van der Waals surface area contributed by atoms with Gasteiger partial charge in [-0.2, -0.15) is 0 Å². The Kier molecular flexibility index (Phi) is 4.13. The molecule has 0 atom stereocenters. The highest BCUT2D eigenvalue weighted by Gasteiger charge is 2.14. The van der Waals surface area contributed by atoms with Gasteiger partial charge in [0.2, 0.25) is 0 Å². The van der Waals surface area contributed by atoms with Gasteiger partial charge < -0.3 is 9.74 Å². The van der Waals surface area contributed by atoms with Crippen molar-refractivity contribution in [3.05, 3.63) is 23.9 Å². The Morgan fingerprint density at radius 3 is 2.88 bits per heavy atom. The molecule has 2 heterocycles. The highest BCUT2D eigenvalue weighted by molar-refractivity contribution is 5.47. The van der Waals surface area contributed by atoms with Crippen molar-refractivity contribution in [1.82, 2.24) is 4.98 Å². The van der Waals surface area contributed by atoms with E-state index in [1.54, 1.807) is 0 Å². The summed E-state index contributed by atoms with van der Waals surface area (Å²) in [6.45, 7) is 2.79. The van der Waals surface area contributed by atoms with Crippen molar-refractivity contribution in [3.63, 3.8) is 0 Å². The van der Waals surface area contributed by atoms with Gasteiger partial charge >= 0.3 is 0 Å². The maximum absolute atomic E-state index is 5.07. The van der Waals surface area contributed by atoms with Gasteiger partial charge in [-0.1, -0.05) is 6.07 Å². The van der Waals surface area contributed by atoms with E-state index in [9.17, 15) is 0 Å². The molecule has 1 aliphatic heterocycles. The minimum Gasteiger partial charge on any atom is -0.356 e. The van der Waals surface area contributed by atoms with Crippen molar-refractivity contribution in [2.45, 2.75) is 25.7 Å². The Hall–Kier alpha value is -1.13. The fourth-order valence-corrected chi connectivity index (χ4v) is 2.18. The van der Waals surface area contributed by atoms with E-state index in [2.05, 4.69) is 20.8 Å². The van der Waals surface area contributed by atoms with Crippen LogP contribution < -0.4 is 10.8 Å². The van der Waals surface area contributed by atoms with Gasteiger partial charge in [0.05, 0.1) is 6.61 Å². The predicted octanol–water partition coefficient (Wildman–Crippen LogP) is 1.50. The second kappa shape index (κ2) is 5.82. The smallest absolute Gasteiger partial charge is 0.131 e. The fourth-order valence-electron chi connectivity index (χ4n) is 2.18. The average molecular weight is 221 g/mol. The molecular weight excluding hydrogens is 202 g/mol. The van der Waals surface area contributed by atoms with Crippen LogP contribution in [0.15, 0.2) is 18.3 Å². The van der Waals surface area contributed by atoms with Crippen molar-refractivity contribution >= 4 is 5.82 Å². The van der Waals surface area contributed by atoms with Crippen LogP contribution in [0.25, 0.3) is 0 Å². The first-order valence-corrected chi connectivity index (χ1v) is 5.92. The molecule has 1 aromatic rings. The molecule has 0 radical (unpaired) electrons. The molecule has 2 rings (SSSR count). The fraction of sp³-hybridized carbons (Fsp3) is 0.583. The number of hydrogen-bond acceptors (Lipinski definition) is 4. The van der Waals surface area contributed by atoms with E-state index in [-0.39, 0.29) is 0 Å². The van der Waals surface area contributed by atoms with Gasteiger partial charge in [0.1, 0.15) is 5.82 Å². The van der Waals surface area contributed by atoms with Gasteiger partial charge in [0, 0.05) is 25.7 Å². The lowest BCUT2D eigenvalue weighted by Crippen LogP contribution is -2.31. The van der Waals surface area contributed by atoms with Crippen LogP contribution >= 0.6 is 0 Å². The highest BCUT2D eigenvalue weighted by atomic mass is 16.6. The van der Waals surface area contributed by atoms with Crippen molar-refractivity contribution in [2.24, 2.45) is 5.90 Å². The molecule has 1 aromatic heterocycles. The van der Waals surface area contributed by atoms with Gasteiger partial charge in [-0.3, -0.25) is 0 Å². The topological polar surface area (TPSA) is 51.4 Å². The third-order valence-corrected chi connectivity index (χ3v) is 3.01. The first kappa shape index (κ1) is 11.4. The van der Waals surface area contributed by atoms with Crippen LogP contribution in [0, 0.1) is 0 Å². The maximum atomic E-state index is 5.07. The van der Waals surface area contributed by atoms with Crippen LogP contribution in [-0.4, -0.2) is 24.7 Å². The molecule has 0 saturated carbocycles. The van der Waals surface area contributed by atoms with Crippen LogP contribution in [-0.2, 0) is 11.3 Å².